The molecular weight excluding hydrogens is 681 g/mol. The molecule has 1 aliphatic rings. The first kappa shape index (κ1) is 33.2. The molecule has 1 aliphatic heterocycles. The fourth-order valence-corrected chi connectivity index (χ4v) is 7.49. The van der Waals surface area contributed by atoms with Crippen molar-refractivity contribution in [3.63, 3.8) is 0 Å². The number of aromatic nitrogens is 2. The van der Waals surface area contributed by atoms with Crippen LogP contribution in [0.1, 0.15) is 22.9 Å². The normalized spacial score (nSPS) is 13.9. The summed E-state index contributed by atoms with van der Waals surface area (Å²) in [5.74, 6) is 0.709. The van der Waals surface area contributed by atoms with Gasteiger partial charge in [0.25, 0.3) is 0 Å². The monoisotopic (exact) mass is 716 g/mol. The van der Waals surface area contributed by atoms with Gasteiger partial charge in [0, 0.05) is 22.4 Å². The molecule has 56 heavy (non-hydrogen) atoms. The van der Waals surface area contributed by atoms with Gasteiger partial charge in [-0.2, -0.15) is 0 Å². The number of nitrogens with one attached hydrogen (secondary N) is 1. The van der Waals surface area contributed by atoms with E-state index in [1.807, 2.05) is 24.3 Å². The van der Waals surface area contributed by atoms with Crippen molar-refractivity contribution in [2.45, 2.75) is 6.17 Å². The zero-order chi connectivity index (χ0) is 37.3. The minimum atomic E-state index is -0.215. The van der Waals surface area contributed by atoms with Crippen molar-refractivity contribution in [2.24, 2.45) is 4.99 Å². The fourth-order valence-electron chi connectivity index (χ4n) is 7.49. The molecular formula is C52H36N4. The third kappa shape index (κ3) is 6.65. The molecule has 0 saturated carbocycles. The lowest BCUT2D eigenvalue weighted by atomic mass is 9.98. The van der Waals surface area contributed by atoms with Gasteiger partial charge < -0.3 is 5.32 Å². The average Bonchev–Trinajstić information content (AvgIpc) is 3.29. The van der Waals surface area contributed by atoms with Gasteiger partial charge >= 0.3 is 0 Å². The lowest BCUT2D eigenvalue weighted by Crippen LogP contribution is -2.24. The average molecular weight is 717 g/mol. The van der Waals surface area contributed by atoms with Gasteiger partial charge in [-0.1, -0.05) is 182 Å². The van der Waals surface area contributed by atoms with Crippen LogP contribution in [0.25, 0.3) is 72.3 Å². The maximum atomic E-state index is 5.18. The van der Waals surface area contributed by atoms with Crippen LogP contribution in [0.2, 0.25) is 0 Å². The number of benzene rings is 8. The number of rotatable bonds is 7. The van der Waals surface area contributed by atoms with Gasteiger partial charge in [-0.25, -0.2) is 9.97 Å². The first-order valence-electron chi connectivity index (χ1n) is 19.0. The van der Waals surface area contributed by atoms with E-state index in [1.54, 1.807) is 0 Å². The lowest BCUT2D eigenvalue weighted by Gasteiger charge is -2.25. The first-order valence-corrected chi connectivity index (χ1v) is 19.0. The Kier molecular flexibility index (Phi) is 8.54. The molecule has 1 atom stereocenters. The van der Waals surface area contributed by atoms with Gasteiger partial charge in [-0.15, -0.1) is 0 Å². The predicted molar refractivity (Wildman–Crippen MR) is 232 cm³/mol. The van der Waals surface area contributed by atoms with Gasteiger partial charge in [-0.3, -0.25) is 4.99 Å². The highest BCUT2D eigenvalue weighted by Crippen LogP contribution is 2.33. The number of hydrogen-bond donors (Lipinski definition) is 1. The summed E-state index contributed by atoms with van der Waals surface area (Å²) in [6.07, 6.45) is 1.95. The summed E-state index contributed by atoms with van der Waals surface area (Å²) in [6, 6.07) is 70.2. The molecule has 2 heterocycles. The van der Waals surface area contributed by atoms with E-state index in [9.17, 15) is 0 Å². The number of allylic oxidation sites excluding steroid dienone is 1. The Morgan fingerprint density at radius 3 is 1.48 bits per heavy atom. The van der Waals surface area contributed by atoms with E-state index in [-0.39, 0.29) is 6.17 Å². The molecule has 4 heteroatoms. The first-order chi connectivity index (χ1) is 27.7. The molecule has 0 fully saturated rings. The highest BCUT2D eigenvalue weighted by molar-refractivity contribution is 6.13. The number of aliphatic imine (C=N–C) groups is 1. The number of nitrogens with zero attached hydrogens (tertiary/aromatic N) is 3. The van der Waals surface area contributed by atoms with Crippen LogP contribution in [0.5, 0.6) is 0 Å². The number of fused-ring (bicyclic) bond motifs is 2. The molecule has 1 aromatic heterocycles. The van der Waals surface area contributed by atoms with Crippen molar-refractivity contribution in [2.75, 3.05) is 0 Å². The summed E-state index contributed by atoms with van der Waals surface area (Å²) in [5, 5.41) is 8.53. The van der Waals surface area contributed by atoms with Crippen molar-refractivity contribution in [3.8, 4) is 45.0 Å². The van der Waals surface area contributed by atoms with Crippen LogP contribution in [0.3, 0.4) is 0 Å². The molecule has 10 rings (SSSR count). The second-order valence-corrected chi connectivity index (χ2v) is 14.1. The van der Waals surface area contributed by atoms with Crippen LogP contribution < -0.4 is 5.32 Å². The Balaban J connectivity index is 0.952. The summed E-state index contributed by atoms with van der Waals surface area (Å²) < 4.78 is 0. The van der Waals surface area contributed by atoms with Crippen LogP contribution >= 0.6 is 0 Å². The molecule has 0 aliphatic carbocycles. The Bertz CT molecular complexity index is 2910. The minimum absolute atomic E-state index is 0.215. The van der Waals surface area contributed by atoms with Gasteiger partial charge in [-0.05, 0) is 73.6 Å². The molecule has 0 radical (unpaired) electrons. The Hall–Kier alpha value is -7.43. The van der Waals surface area contributed by atoms with E-state index < -0.39 is 0 Å². The Labute approximate surface area is 326 Å². The summed E-state index contributed by atoms with van der Waals surface area (Å²) in [6.45, 7) is 0. The van der Waals surface area contributed by atoms with Crippen LogP contribution in [-0.4, -0.2) is 15.7 Å². The van der Waals surface area contributed by atoms with Crippen LogP contribution in [-0.2, 0) is 0 Å². The van der Waals surface area contributed by atoms with Crippen LogP contribution in [0.15, 0.2) is 211 Å². The molecule has 0 amide bonds. The molecule has 0 saturated heterocycles. The van der Waals surface area contributed by atoms with E-state index >= 15 is 0 Å². The SMILES string of the molecule is C1=C(c2ccc(-c3ccc(-c4cc(-c5ccccc5)nc(-c5ccc6ccccc6c5)n4)cc3)cc2)NC(c2ccc3ccccc3c2)N=C1c1ccccc1. The van der Waals surface area contributed by atoms with Crippen molar-refractivity contribution >= 4 is 33.0 Å². The largest absolute Gasteiger partial charge is 0.360 e. The van der Waals surface area contributed by atoms with Gasteiger partial charge in [0.1, 0.15) is 6.17 Å². The van der Waals surface area contributed by atoms with E-state index in [0.29, 0.717) is 5.82 Å². The van der Waals surface area contributed by atoms with Crippen molar-refractivity contribution in [1.82, 2.24) is 15.3 Å². The molecule has 1 N–H and O–H groups in total. The summed E-state index contributed by atoms with van der Waals surface area (Å²) >= 11 is 0. The molecule has 4 nitrogen and oxygen atoms in total. The fraction of sp³-hybridized carbons (Fsp3) is 0.0192. The van der Waals surface area contributed by atoms with E-state index in [0.717, 1.165) is 67.3 Å². The summed E-state index contributed by atoms with van der Waals surface area (Å²) in [5.41, 5.74) is 12.5. The minimum Gasteiger partial charge on any atom is -0.360 e. The molecule has 264 valence electrons. The van der Waals surface area contributed by atoms with Crippen molar-refractivity contribution in [1.29, 1.82) is 0 Å². The number of hydrogen-bond acceptors (Lipinski definition) is 4. The molecule has 9 aromatic rings. The third-order valence-electron chi connectivity index (χ3n) is 10.5. The molecule has 0 spiro atoms. The standard InChI is InChI=1S/C52H36N4/c1-3-13-39(14-4-1)47-33-49(55-51(53-47)45-29-23-35-11-7-9-17-43(35)31-45)41-25-19-37(20-26-41)38-21-27-42(28-22-38)50-34-48(40-15-5-2-6-16-40)54-52(56-50)46-30-24-36-12-8-10-18-44(36)32-46/h1-34,51,55H. The highest BCUT2D eigenvalue weighted by Gasteiger charge is 2.20. The summed E-state index contributed by atoms with van der Waals surface area (Å²) in [4.78, 5) is 15.3. The Morgan fingerprint density at radius 2 is 0.839 bits per heavy atom. The third-order valence-corrected chi connectivity index (χ3v) is 10.5. The molecule has 0 bridgehead atoms. The predicted octanol–water partition coefficient (Wildman–Crippen LogP) is 12.6. The smallest absolute Gasteiger partial charge is 0.160 e. The highest BCUT2D eigenvalue weighted by atomic mass is 15.1. The molecule has 1 unspecified atom stereocenters. The van der Waals surface area contributed by atoms with Gasteiger partial charge in [0.2, 0.25) is 0 Å². The second-order valence-electron chi connectivity index (χ2n) is 14.1. The van der Waals surface area contributed by atoms with E-state index in [1.165, 1.54) is 21.5 Å². The quantitative estimate of drug-likeness (QED) is 0.179. The lowest BCUT2D eigenvalue weighted by molar-refractivity contribution is 0.665. The van der Waals surface area contributed by atoms with Crippen molar-refractivity contribution in [3.05, 3.63) is 223 Å². The maximum absolute atomic E-state index is 5.18. The van der Waals surface area contributed by atoms with Gasteiger partial charge in [0.05, 0.1) is 17.1 Å². The zero-order valence-electron chi connectivity index (χ0n) is 30.5. The van der Waals surface area contributed by atoms with Crippen LogP contribution in [0, 0.1) is 0 Å². The van der Waals surface area contributed by atoms with Crippen molar-refractivity contribution < 1.29 is 0 Å². The van der Waals surface area contributed by atoms with E-state index in [4.69, 9.17) is 15.0 Å². The van der Waals surface area contributed by atoms with Crippen LogP contribution in [0.4, 0.5) is 0 Å². The topological polar surface area (TPSA) is 50.2 Å². The molecule has 8 aromatic carbocycles. The second kappa shape index (κ2) is 14.4. The zero-order valence-corrected chi connectivity index (χ0v) is 30.5. The summed E-state index contributed by atoms with van der Waals surface area (Å²) in [7, 11) is 0. The van der Waals surface area contributed by atoms with E-state index in [2.05, 4.69) is 187 Å². The Morgan fingerprint density at radius 1 is 0.357 bits per heavy atom. The maximum Gasteiger partial charge on any atom is 0.160 e. The van der Waals surface area contributed by atoms with Gasteiger partial charge in [0.15, 0.2) is 5.82 Å².